The summed E-state index contributed by atoms with van der Waals surface area (Å²) in [7, 11) is 0. The van der Waals surface area contributed by atoms with Gasteiger partial charge in [-0.25, -0.2) is 4.98 Å². The monoisotopic (exact) mass is 459 g/mol. The Labute approximate surface area is 191 Å². The molecule has 3 amide bonds. The summed E-state index contributed by atoms with van der Waals surface area (Å²) >= 11 is 1.28. The number of rotatable bonds is 5. The van der Waals surface area contributed by atoms with Gasteiger partial charge < -0.3 is 5.32 Å². The first kappa shape index (κ1) is 20.7. The van der Waals surface area contributed by atoms with E-state index in [1.54, 1.807) is 24.3 Å². The maximum Gasteiger partial charge on any atom is 0.275 e. The van der Waals surface area contributed by atoms with Crippen LogP contribution < -0.4 is 10.9 Å². The molecule has 2 aromatic heterocycles. The molecule has 10 heteroatoms. The molecule has 4 aromatic rings. The van der Waals surface area contributed by atoms with Gasteiger partial charge in [0.1, 0.15) is 11.6 Å². The number of imide groups is 1. The summed E-state index contributed by atoms with van der Waals surface area (Å²) in [6.07, 6.45) is 0. The highest BCUT2D eigenvalue weighted by Crippen LogP contribution is 2.27. The number of aryl methyl sites for hydroxylation is 1. The number of amides is 3. The van der Waals surface area contributed by atoms with Crippen molar-refractivity contribution in [1.29, 1.82) is 0 Å². The molecule has 0 fully saturated rings. The van der Waals surface area contributed by atoms with Crippen LogP contribution in [0.2, 0.25) is 0 Å². The number of nitrogens with one attached hydrogen (secondary N) is 1. The van der Waals surface area contributed by atoms with Crippen molar-refractivity contribution in [2.45, 2.75) is 13.5 Å². The molecule has 0 radical (unpaired) electrons. The third-order valence-electron chi connectivity index (χ3n) is 5.32. The number of aromatic nitrogens is 3. The van der Waals surface area contributed by atoms with E-state index in [0.29, 0.717) is 15.7 Å². The minimum absolute atomic E-state index is 0.0225. The summed E-state index contributed by atoms with van der Waals surface area (Å²) < 4.78 is 1.23. The zero-order chi connectivity index (χ0) is 23.1. The predicted octanol–water partition coefficient (Wildman–Crippen LogP) is 2.04. The van der Waals surface area contributed by atoms with Crippen LogP contribution in [0.15, 0.2) is 59.4 Å². The SMILES string of the molecule is Cc1ccccc1-c1nn2c(=O)cc(CNC(=O)CN3C(=O)c4ccccc4C3=O)nc2s1. The summed E-state index contributed by atoms with van der Waals surface area (Å²) in [5, 5.41) is 7.67. The number of nitrogens with zero attached hydrogens (tertiary/aromatic N) is 4. The Balaban J connectivity index is 1.30. The first-order valence-corrected chi connectivity index (χ1v) is 10.9. The first-order chi connectivity index (χ1) is 15.9. The lowest BCUT2D eigenvalue weighted by Gasteiger charge is -2.13. The fourth-order valence-electron chi connectivity index (χ4n) is 3.64. The van der Waals surface area contributed by atoms with Crippen molar-refractivity contribution in [1.82, 2.24) is 24.8 Å². The molecule has 3 heterocycles. The Morgan fingerprint density at radius 2 is 1.61 bits per heavy atom. The Morgan fingerprint density at radius 1 is 0.970 bits per heavy atom. The summed E-state index contributed by atoms with van der Waals surface area (Å²) in [5.41, 5.74) is 2.51. The molecular formula is C23H17N5O4S. The highest BCUT2D eigenvalue weighted by Gasteiger charge is 2.36. The molecule has 2 aromatic carbocycles. The van der Waals surface area contributed by atoms with Gasteiger partial charge in [0.2, 0.25) is 10.9 Å². The van der Waals surface area contributed by atoms with Crippen molar-refractivity contribution in [3.8, 4) is 10.6 Å². The van der Waals surface area contributed by atoms with Crippen molar-refractivity contribution in [2.75, 3.05) is 6.54 Å². The Bertz CT molecular complexity index is 1470. The number of hydrogen-bond acceptors (Lipinski definition) is 7. The van der Waals surface area contributed by atoms with E-state index in [-0.39, 0.29) is 23.2 Å². The van der Waals surface area contributed by atoms with E-state index in [9.17, 15) is 19.2 Å². The smallest absolute Gasteiger partial charge is 0.275 e. The van der Waals surface area contributed by atoms with Gasteiger partial charge >= 0.3 is 0 Å². The molecule has 5 rings (SSSR count). The van der Waals surface area contributed by atoms with Gasteiger partial charge in [0.05, 0.1) is 23.4 Å². The quantitative estimate of drug-likeness (QED) is 0.457. The van der Waals surface area contributed by atoms with Gasteiger partial charge in [-0.3, -0.25) is 24.1 Å². The van der Waals surface area contributed by atoms with Crippen LogP contribution in [0.4, 0.5) is 0 Å². The van der Waals surface area contributed by atoms with Crippen molar-refractivity contribution >= 4 is 34.0 Å². The summed E-state index contributed by atoms with van der Waals surface area (Å²) in [5.74, 6) is -1.54. The van der Waals surface area contributed by atoms with Crippen LogP contribution in [-0.4, -0.2) is 43.8 Å². The second kappa shape index (κ2) is 8.06. The molecule has 0 saturated carbocycles. The lowest BCUT2D eigenvalue weighted by Crippen LogP contribution is -2.40. The van der Waals surface area contributed by atoms with Crippen LogP contribution >= 0.6 is 11.3 Å². The Kier molecular flexibility index (Phi) is 5.06. The predicted molar refractivity (Wildman–Crippen MR) is 121 cm³/mol. The number of hydrogen-bond donors (Lipinski definition) is 1. The van der Waals surface area contributed by atoms with E-state index >= 15 is 0 Å². The van der Waals surface area contributed by atoms with E-state index in [1.807, 2.05) is 31.2 Å². The molecule has 1 N–H and O–H groups in total. The molecule has 0 spiro atoms. The number of carbonyl (C=O) groups is 3. The van der Waals surface area contributed by atoms with Crippen molar-refractivity contribution in [2.24, 2.45) is 0 Å². The number of fused-ring (bicyclic) bond motifs is 2. The molecule has 0 aliphatic carbocycles. The van der Waals surface area contributed by atoms with E-state index in [4.69, 9.17) is 0 Å². The largest absolute Gasteiger partial charge is 0.349 e. The number of benzene rings is 2. The molecule has 0 unspecified atom stereocenters. The molecule has 1 aliphatic heterocycles. The van der Waals surface area contributed by atoms with Crippen molar-refractivity contribution < 1.29 is 14.4 Å². The van der Waals surface area contributed by atoms with Gasteiger partial charge in [0.25, 0.3) is 17.4 Å². The highest BCUT2D eigenvalue weighted by atomic mass is 32.1. The minimum Gasteiger partial charge on any atom is -0.349 e. The number of carbonyl (C=O) groups excluding carboxylic acids is 3. The van der Waals surface area contributed by atoms with Crippen molar-refractivity contribution in [3.63, 3.8) is 0 Å². The molecule has 0 saturated heterocycles. The van der Waals surface area contributed by atoms with Gasteiger partial charge in [-0.2, -0.15) is 9.61 Å². The topological polar surface area (TPSA) is 114 Å². The van der Waals surface area contributed by atoms with Gasteiger partial charge in [-0.15, -0.1) is 0 Å². The fraction of sp³-hybridized carbons (Fsp3) is 0.130. The average molecular weight is 459 g/mol. The lowest BCUT2D eigenvalue weighted by molar-refractivity contribution is -0.121. The van der Waals surface area contributed by atoms with Crippen molar-refractivity contribution in [3.05, 3.63) is 87.3 Å². The van der Waals surface area contributed by atoms with Crippen LogP contribution in [0.25, 0.3) is 15.5 Å². The second-order valence-corrected chi connectivity index (χ2v) is 8.48. The Hall–Kier alpha value is -4.18. The van der Waals surface area contributed by atoms with E-state index in [0.717, 1.165) is 16.0 Å². The van der Waals surface area contributed by atoms with Crippen LogP contribution in [-0.2, 0) is 11.3 Å². The molecule has 0 bridgehead atoms. The highest BCUT2D eigenvalue weighted by molar-refractivity contribution is 7.19. The van der Waals surface area contributed by atoms with E-state index < -0.39 is 24.3 Å². The maximum atomic E-state index is 12.5. The third kappa shape index (κ3) is 3.70. The average Bonchev–Trinajstić information content (AvgIpc) is 3.34. The summed E-state index contributed by atoms with van der Waals surface area (Å²) in [6, 6.07) is 15.5. The maximum absolute atomic E-state index is 12.5. The molecule has 0 atom stereocenters. The van der Waals surface area contributed by atoms with Gasteiger partial charge in [-0.1, -0.05) is 47.7 Å². The van der Waals surface area contributed by atoms with Gasteiger partial charge in [-0.05, 0) is 24.6 Å². The Morgan fingerprint density at radius 3 is 2.27 bits per heavy atom. The normalized spacial score (nSPS) is 12.9. The van der Waals surface area contributed by atoms with Gasteiger partial charge in [0.15, 0.2) is 0 Å². The summed E-state index contributed by atoms with van der Waals surface area (Å²) in [4.78, 5) is 55.5. The summed E-state index contributed by atoms with van der Waals surface area (Å²) in [6.45, 7) is 1.53. The standard InChI is InChI=1S/C23H17N5O4S/c1-13-6-2-3-7-15(13)20-26-28-19(30)10-14(25-23(28)33-20)11-24-18(29)12-27-21(31)16-8-4-5-9-17(16)22(27)32/h2-10H,11-12H2,1H3,(H,24,29). The lowest BCUT2D eigenvalue weighted by atomic mass is 10.1. The molecule has 33 heavy (non-hydrogen) atoms. The molecule has 1 aliphatic rings. The first-order valence-electron chi connectivity index (χ1n) is 10.1. The fourth-order valence-corrected chi connectivity index (χ4v) is 4.65. The second-order valence-electron chi connectivity index (χ2n) is 7.52. The molecule has 9 nitrogen and oxygen atoms in total. The van der Waals surface area contributed by atoms with Gasteiger partial charge in [0, 0.05) is 11.6 Å². The van der Waals surface area contributed by atoms with Crippen LogP contribution in [0.5, 0.6) is 0 Å². The van der Waals surface area contributed by atoms with E-state index in [1.165, 1.54) is 21.9 Å². The van der Waals surface area contributed by atoms with E-state index in [2.05, 4.69) is 15.4 Å². The van der Waals surface area contributed by atoms with Crippen LogP contribution in [0.1, 0.15) is 32.0 Å². The molecule has 164 valence electrons. The third-order valence-corrected chi connectivity index (χ3v) is 6.26. The van der Waals surface area contributed by atoms with Crippen LogP contribution in [0, 0.1) is 6.92 Å². The zero-order valence-electron chi connectivity index (χ0n) is 17.4. The zero-order valence-corrected chi connectivity index (χ0v) is 18.3. The molecular weight excluding hydrogens is 442 g/mol. The minimum atomic E-state index is -0.531. The van der Waals surface area contributed by atoms with Crippen LogP contribution in [0.3, 0.4) is 0 Å².